The van der Waals surface area contributed by atoms with Gasteiger partial charge in [-0.15, -0.1) is 0 Å². The Bertz CT molecular complexity index is 240. The first-order valence-corrected chi connectivity index (χ1v) is 5.04. The van der Waals surface area contributed by atoms with Gasteiger partial charge in [-0.2, -0.15) is 0 Å². The van der Waals surface area contributed by atoms with Gasteiger partial charge in [0.2, 0.25) is 0 Å². The summed E-state index contributed by atoms with van der Waals surface area (Å²) in [6.07, 6.45) is 0.923. The second kappa shape index (κ2) is 3.42. The smallest absolute Gasteiger partial charge is 0.405 e. The molecule has 0 spiro atoms. The minimum absolute atomic E-state index is 0.0693. The molecule has 4 N–H and O–H groups in total. The highest BCUT2D eigenvalue weighted by Gasteiger charge is 2.51. The van der Waals surface area contributed by atoms with Crippen molar-refractivity contribution in [3.8, 4) is 0 Å². The van der Waals surface area contributed by atoms with Gasteiger partial charge in [-0.25, -0.2) is 4.79 Å². The molecule has 0 unspecified atom stereocenters. The molecule has 0 aromatic heterocycles. The lowest BCUT2D eigenvalue weighted by Crippen LogP contribution is -2.54. The van der Waals surface area contributed by atoms with Crippen LogP contribution in [0.3, 0.4) is 0 Å². The number of hydrogen-bond donors (Lipinski definition) is 3. The summed E-state index contributed by atoms with van der Waals surface area (Å²) in [4.78, 5) is 10.7. The van der Waals surface area contributed by atoms with Crippen molar-refractivity contribution in [2.75, 3.05) is 6.54 Å². The van der Waals surface area contributed by atoms with Gasteiger partial charge in [-0.1, -0.05) is 13.8 Å². The van der Waals surface area contributed by atoms with Gasteiger partial charge >= 0.3 is 6.09 Å². The van der Waals surface area contributed by atoms with E-state index in [1.807, 2.05) is 6.92 Å². The van der Waals surface area contributed by atoms with Crippen molar-refractivity contribution in [2.45, 2.75) is 39.2 Å². The average Bonchev–Trinajstić information content (AvgIpc) is 2.22. The molecule has 1 amide bonds. The van der Waals surface area contributed by atoms with Gasteiger partial charge in [0.05, 0.1) is 0 Å². The molecule has 0 saturated heterocycles. The molecule has 4 nitrogen and oxygen atoms in total. The average molecular weight is 200 g/mol. The van der Waals surface area contributed by atoms with E-state index in [0.29, 0.717) is 12.5 Å². The highest BCUT2D eigenvalue weighted by molar-refractivity contribution is 5.65. The second-order valence-corrected chi connectivity index (χ2v) is 4.96. The fourth-order valence-corrected chi connectivity index (χ4v) is 2.47. The van der Waals surface area contributed by atoms with Crippen LogP contribution in [0, 0.1) is 11.3 Å². The van der Waals surface area contributed by atoms with Gasteiger partial charge in [0.15, 0.2) is 0 Å². The Kier molecular flexibility index (Phi) is 2.76. The van der Waals surface area contributed by atoms with Crippen LogP contribution >= 0.6 is 0 Å². The normalized spacial score (nSPS) is 35.6. The fourth-order valence-electron chi connectivity index (χ4n) is 2.47. The van der Waals surface area contributed by atoms with Crippen LogP contribution in [0.4, 0.5) is 4.79 Å². The zero-order valence-corrected chi connectivity index (χ0v) is 9.13. The number of carboxylic acid groups (broad SMARTS) is 1. The number of nitrogens with two attached hydrogens (primary N) is 1. The lowest BCUT2D eigenvalue weighted by molar-refractivity contribution is 0.118. The second-order valence-electron chi connectivity index (χ2n) is 4.96. The predicted molar refractivity (Wildman–Crippen MR) is 55.1 cm³/mol. The molecule has 1 saturated carbocycles. The van der Waals surface area contributed by atoms with Crippen LogP contribution in [0.25, 0.3) is 0 Å². The summed E-state index contributed by atoms with van der Waals surface area (Å²) in [6.45, 7) is 6.78. The van der Waals surface area contributed by atoms with Crippen LogP contribution in [0.5, 0.6) is 0 Å². The molecular weight excluding hydrogens is 180 g/mol. The molecule has 0 aliphatic heterocycles. The first kappa shape index (κ1) is 11.3. The van der Waals surface area contributed by atoms with E-state index in [2.05, 4.69) is 19.2 Å². The van der Waals surface area contributed by atoms with Crippen molar-refractivity contribution in [2.24, 2.45) is 17.1 Å². The largest absolute Gasteiger partial charge is 0.465 e. The van der Waals surface area contributed by atoms with Crippen LogP contribution in [0.1, 0.15) is 33.6 Å². The van der Waals surface area contributed by atoms with Gasteiger partial charge < -0.3 is 16.2 Å². The van der Waals surface area contributed by atoms with E-state index in [4.69, 9.17) is 10.8 Å². The molecule has 1 rings (SSSR count). The van der Waals surface area contributed by atoms with E-state index in [1.165, 1.54) is 0 Å². The van der Waals surface area contributed by atoms with Gasteiger partial charge in [-0.3, -0.25) is 0 Å². The van der Waals surface area contributed by atoms with Gasteiger partial charge in [0.25, 0.3) is 0 Å². The summed E-state index contributed by atoms with van der Waals surface area (Å²) in [6, 6.07) is 0. The molecule has 0 aromatic carbocycles. The maximum Gasteiger partial charge on any atom is 0.405 e. The first-order valence-electron chi connectivity index (χ1n) is 5.04. The SMILES string of the molecule is CC1(C)[C@H](CN)CC[C@]1(C)NC(=O)O. The Labute approximate surface area is 84.9 Å². The molecule has 0 heterocycles. The number of nitrogens with one attached hydrogen (secondary N) is 1. The Morgan fingerprint density at radius 3 is 2.50 bits per heavy atom. The summed E-state index contributed by atoms with van der Waals surface area (Å²) in [7, 11) is 0. The van der Waals surface area contributed by atoms with E-state index >= 15 is 0 Å². The third kappa shape index (κ3) is 1.59. The van der Waals surface area contributed by atoms with Crippen molar-refractivity contribution in [3.63, 3.8) is 0 Å². The van der Waals surface area contributed by atoms with Crippen LogP contribution in [-0.4, -0.2) is 23.3 Å². The Morgan fingerprint density at radius 2 is 2.14 bits per heavy atom. The number of amides is 1. The lowest BCUT2D eigenvalue weighted by atomic mass is 9.71. The van der Waals surface area contributed by atoms with E-state index in [0.717, 1.165) is 12.8 Å². The lowest BCUT2D eigenvalue weighted by Gasteiger charge is -2.41. The van der Waals surface area contributed by atoms with E-state index in [-0.39, 0.29) is 11.0 Å². The fraction of sp³-hybridized carbons (Fsp3) is 0.900. The molecule has 1 fully saturated rings. The monoisotopic (exact) mass is 200 g/mol. The molecule has 82 valence electrons. The molecule has 4 heteroatoms. The van der Waals surface area contributed by atoms with Gasteiger partial charge in [-0.05, 0) is 37.6 Å². The van der Waals surface area contributed by atoms with E-state index in [9.17, 15) is 4.79 Å². The summed E-state index contributed by atoms with van der Waals surface area (Å²) >= 11 is 0. The van der Waals surface area contributed by atoms with Crippen molar-refractivity contribution in [1.29, 1.82) is 0 Å². The highest BCUT2D eigenvalue weighted by atomic mass is 16.4. The molecule has 2 atom stereocenters. The van der Waals surface area contributed by atoms with E-state index in [1.54, 1.807) is 0 Å². The Hall–Kier alpha value is -0.770. The van der Waals surface area contributed by atoms with Crippen LogP contribution in [0.2, 0.25) is 0 Å². The topological polar surface area (TPSA) is 75.3 Å². The van der Waals surface area contributed by atoms with Gasteiger partial charge in [0, 0.05) is 5.54 Å². The highest BCUT2D eigenvalue weighted by Crippen LogP contribution is 2.49. The van der Waals surface area contributed by atoms with Crippen LogP contribution < -0.4 is 11.1 Å². The first-order chi connectivity index (χ1) is 6.33. The summed E-state index contributed by atoms with van der Waals surface area (Å²) in [5.74, 6) is 0.402. The predicted octanol–water partition coefficient (Wildman–Crippen LogP) is 1.41. The third-order valence-corrected chi connectivity index (χ3v) is 4.10. The summed E-state index contributed by atoms with van der Waals surface area (Å²) in [5, 5.41) is 11.4. The number of carbonyl (C=O) groups is 1. The molecule has 0 bridgehead atoms. The number of hydrogen-bond acceptors (Lipinski definition) is 2. The zero-order chi connectivity index (χ0) is 11.0. The summed E-state index contributed by atoms with van der Waals surface area (Å²) < 4.78 is 0. The zero-order valence-electron chi connectivity index (χ0n) is 9.13. The van der Waals surface area contributed by atoms with Crippen molar-refractivity contribution >= 4 is 6.09 Å². The minimum Gasteiger partial charge on any atom is -0.465 e. The molecule has 1 aliphatic carbocycles. The maximum atomic E-state index is 10.7. The third-order valence-electron chi connectivity index (χ3n) is 4.10. The number of rotatable bonds is 2. The Balaban J connectivity index is 2.85. The molecule has 0 radical (unpaired) electrons. The molecular formula is C10H20N2O2. The Morgan fingerprint density at radius 1 is 1.57 bits per heavy atom. The molecule has 1 aliphatic rings. The van der Waals surface area contributed by atoms with Crippen molar-refractivity contribution < 1.29 is 9.90 Å². The maximum absolute atomic E-state index is 10.7. The standard InChI is InChI=1S/C10H20N2O2/c1-9(2)7(6-11)4-5-10(9,3)12-8(13)14/h7,12H,4-6,11H2,1-3H3,(H,13,14)/t7-,10-/m0/s1. The molecule has 0 aromatic rings. The van der Waals surface area contributed by atoms with E-state index < -0.39 is 6.09 Å². The van der Waals surface area contributed by atoms with Crippen LogP contribution in [0.15, 0.2) is 0 Å². The van der Waals surface area contributed by atoms with Crippen LogP contribution in [-0.2, 0) is 0 Å². The van der Waals surface area contributed by atoms with Gasteiger partial charge in [0.1, 0.15) is 0 Å². The van der Waals surface area contributed by atoms with Crippen molar-refractivity contribution in [1.82, 2.24) is 5.32 Å². The molecule has 14 heavy (non-hydrogen) atoms. The minimum atomic E-state index is -0.946. The quantitative estimate of drug-likeness (QED) is 0.630. The van der Waals surface area contributed by atoms with Crippen molar-refractivity contribution in [3.05, 3.63) is 0 Å². The summed E-state index contributed by atoms with van der Waals surface area (Å²) in [5.41, 5.74) is 5.27.